The van der Waals surface area contributed by atoms with Crippen LogP contribution in [0.3, 0.4) is 0 Å². The van der Waals surface area contributed by atoms with E-state index in [-0.39, 0.29) is 18.1 Å². The second-order valence-corrected chi connectivity index (χ2v) is 4.87. The lowest BCUT2D eigenvalue weighted by Gasteiger charge is -2.10. The molecule has 4 nitrogen and oxygen atoms in total. The van der Waals surface area contributed by atoms with Gasteiger partial charge in [-0.1, -0.05) is 17.7 Å². The average Bonchev–Trinajstić information content (AvgIpc) is 2.80. The molecule has 0 fully saturated rings. The summed E-state index contributed by atoms with van der Waals surface area (Å²) < 4.78 is 0. The average molecular weight is 305 g/mol. The molecule has 0 aliphatic heterocycles. The van der Waals surface area contributed by atoms with Crippen LogP contribution in [0.1, 0.15) is 16.5 Å². The number of nitrogens with two attached hydrogens (primary N) is 1. The highest BCUT2D eigenvalue weighted by atomic mass is 35.5. The van der Waals surface area contributed by atoms with E-state index in [9.17, 15) is 10.1 Å². The van der Waals surface area contributed by atoms with Crippen LogP contribution in [0.25, 0.3) is 0 Å². The molecule has 1 atom stereocenters. The summed E-state index contributed by atoms with van der Waals surface area (Å²) in [6, 6.07) is 7.60. The maximum atomic E-state index is 10.9. The van der Waals surface area contributed by atoms with E-state index in [0.717, 1.165) is 4.88 Å². The van der Waals surface area contributed by atoms with Crippen LogP contribution in [0.4, 0.5) is 5.69 Å². The predicted octanol–water partition coefficient (Wildman–Crippen LogP) is 3.78. The molecule has 1 heterocycles. The number of nitro benzene ring substituents is 1. The third-order valence-corrected chi connectivity index (χ3v) is 3.56. The van der Waals surface area contributed by atoms with Gasteiger partial charge >= 0.3 is 0 Å². The summed E-state index contributed by atoms with van der Waals surface area (Å²) in [6.45, 7) is 0. The van der Waals surface area contributed by atoms with Crippen molar-refractivity contribution in [2.75, 3.05) is 0 Å². The maximum absolute atomic E-state index is 10.9. The summed E-state index contributed by atoms with van der Waals surface area (Å²) in [5, 5.41) is 13.2. The molecular weight excluding hydrogens is 295 g/mol. The Morgan fingerprint density at radius 1 is 1.39 bits per heavy atom. The Morgan fingerprint density at radius 3 is 2.67 bits per heavy atom. The monoisotopic (exact) mass is 304 g/mol. The molecule has 18 heavy (non-hydrogen) atoms. The van der Waals surface area contributed by atoms with Crippen molar-refractivity contribution in [2.24, 2.45) is 5.73 Å². The number of rotatable bonds is 3. The minimum Gasteiger partial charge on any atom is -0.319 e. The fourth-order valence-corrected chi connectivity index (χ4v) is 2.49. The Morgan fingerprint density at radius 2 is 2.11 bits per heavy atom. The van der Waals surface area contributed by atoms with E-state index in [1.165, 1.54) is 23.5 Å². The Kier molecular flexibility index (Phi) is 5.10. The summed E-state index contributed by atoms with van der Waals surface area (Å²) in [6.07, 6.45) is 0. The third-order valence-electron chi connectivity index (χ3n) is 2.37. The molecule has 2 rings (SSSR count). The van der Waals surface area contributed by atoms with Crippen LogP contribution in [0, 0.1) is 10.1 Å². The molecule has 2 N–H and O–H groups in total. The molecule has 0 saturated heterocycles. The predicted molar refractivity (Wildman–Crippen MR) is 75.7 cm³/mol. The lowest BCUT2D eigenvalue weighted by Crippen LogP contribution is -2.12. The topological polar surface area (TPSA) is 69.2 Å². The van der Waals surface area contributed by atoms with Gasteiger partial charge < -0.3 is 5.73 Å². The molecule has 0 saturated carbocycles. The summed E-state index contributed by atoms with van der Waals surface area (Å²) >= 11 is 7.31. The van der Waals surface area contributed by atoms with E-state index in [0.29, 0.717) is 10.6 Å². The van der Waals surface area contributed by atoms with Gasteiger partial charge in [-0.2, -0.15) is 0 Å². The molecule has 0 bridgehead atoms. The molecule has 0 amide bonds. The lowest BCUT2D eigenvalue weighted by molar-refractivity contribution is -0.385. The summed E-state index contributed by atoms with van der Waals surface area (Å²) in [5.41, 5.74) is 6.45. The van der Waals surface area contributed by atoms with Gasteiger partial charge in [0.25, 0.3) is 5.69 Å². The Hall–Kier alpha value is -1.14. The van der Waals surface area contributed by atoms with Crippen molar-refractivity contribution >= 4 is 41.0 Å². The molecule has 0 radical (unpaired) electrons. The molecule has 0 unspecified atom stereocenters. The molecule has 1 aromatic carbocycles. The molecule has 7 heteroatoms. The lowest BCUT2D eigenvalue weighted by atomic mass is 10.0. The van der Waals surface area contributed by atoms with E-state index in [4.69, 9.17) is 17.3 Å². The van der Waals surface area contributed by atoms with Gasteiger partial charge in [0.2, 0.25) is 0 Å². The first-order chi connectivity index (χ1) is 8.09. The van der Waals surface area contributed by atoms with Crippen LogP contribution < -0.4 is 5.73 Å². The molecule has 1 aromatic heterocycles. The SMILES string of the molecule is Cl.N[C@@H](c1cccs1)c1cc(Cl)ccc1[N+](=O)[O-]. The normalized spacial score (nSPS) is 11.7. The maximum Gasteiger partial charge on any atom is 0.274 e. The Bertz CT molecular complexity index is 546. The minimum atomic E-state index is -0.519. The van der Waals surface area contributed by atoms with Crippen molar-refractivity contribution in [1.29, 1.82) is 0 Å². The molecule has 0 aliphatic carbocycles. The third kappa shape index (κ3) is 3.00. The van der Waals surface area contributed by atoms with E-state index >= 15 is 0 Å². The highest BCUT2D eigenvalue weighted by Crippen LogP contribution is 2.32. The summed E-state index contributed by atoms with van der Waals surface area (Å²) in [4.78, 5) is 11.3. The first-order valence-electron chi connectivity index (χ1n) is 4.82. The Balaban J connectivity index is 0.00000162. The summed E-state index contributed by atoms with van der Waals surface area (Å²) in [7, 11) is 0. The molecule has 96 valence electrons. The number of hydrogen-bond acceptors (Lipinski definition) is 4. The number of nitro groups is 1. The highest BCUT2D eigenvalue weighted by molar-refractivity contribution is 7.10. The van der Waals surface area contributed by atoms with Crippen LogP contribution in [0.5, 0.6) is 0 Å². The molecule has 0 spiro atoms. The van der Waals surface area contributed by atoms with E-state index in [1.807, 2.05) is 17.5 Å². The van der Waals surface area contributed by atoms with Gasteiger partial charge in [0, 0.05) is 16.0 Å². The number of thiophene rings is 1. The highest BCUT2D eigenvalue weighted by Gasteiger charge is 2.21. The first-order valence-corrected chi connectivity index (χ1v) is 6.08. The molecular formula is C11H10Cl2N2O2S. The van der Waals surface area contributed by atoms with Gasteiger partial charge in [-0.3, -0.25) is 10.1 Å². The zero-order valence-corrected chi connectivity index (χ0v) is 11.5. The zero-order valence-electron chi connectivity index (χ0n) is 9.08. The molecule has 2 aromatic rings. The van der Waals surface area contributed by atoms with Gasteiger partial charge in [-0.25, -0.2) is 0 Å². The van der Waals surface area contributed by atoms with Crippen molar-refractivity contribution < 1.29 is 4.92 Å². The van der Waals surface area contributed by atoms with Crippen molar-refractivity contribution in [3.63, 3.8) is 0 Å². The van der Waals surface area contributed by atoms with Crippen molar-refractivity contribution in [3.05, 3.63) is 61.3 Å². The number of benzene rings is 1. The van der Waals surface area contributed by atoms with Gasteiger partial charge in [0.15, 0.2) is 0 Å². The largest absolute Gasteiger partial charge is 0.319 e. The van der Waals surface area contributed by atoms with Gasteiger partial charge in [0.05, 0.1) is 16.5 Å². The Labute approximate surface area is 119 Å². The second kappa shape index (κ2) is 6.15. The smallest absolute Gasteiger partial charge is 0.274 e. The minimum absolute atomic E-state index is 0. The standard InChI is InChI=1S/C11H9ClN2O2S.ClH/c12-7-3-4-9(14(15)16)8(6-7)11(13)10-2-1-5-17-10;/h1-6,11H,13H2;1H/t11-;/m1./s1. The van der Waals surface area contributed by atoms with Crippen molar-refractivity contribution in [3.8, 4) is 0 Å². The summed E-state index contributed by atoms with van der Waals surface area (Å²) in [5.74, 6) is 0. The van der Waals surface area contributed by atoms with Crippen LogP contribution in [-0.2, 0) is 0 Å². The van der Waals surface area contributed by atoms with E-state index < -0.39 is 11.0 Å². The quantitative estimate of drug-likeness (QED) is 0.693. The van der Waals surface area contributed by atoms with Crippen LogP contribution in [0.15, 0.2) is 35.7 Å². The first kappa shape index (κ1) is 14.9. The van der Waals surface area contributed by atoms with E-state index in [2.05, 4.69) is 0 Å². The fraction of sp³-hybridized carbons (Fsp3) is 0.0909. The fourth-order valence-electron chi connectivity index (χ4n) is 1.56. The van der Waals surface area contributed by atoms with Gasteiger partial charge in [-0.05, 0) is 23.6 Å². The second-order valence-electron chi connectivity index (χ2n) is 3.45. The van der Waals surface area contributed by atoms with E-state index in [1.54, 1.807) is 6.07 Å². The van der Waals surface area contributed by atoms with Gasteiger partial charge in [-0.15, -0.1) is 23.7 Å². The van der Waals surface area contributed by atoms with Crippen molar-refractivity contribution in [1.82, 2.24) is 0 Å². The zero-order chi connectivity index (χ0) is 12.4. The van der Waals surface area contributed by atoms with Crippen LogP contribution in [-0.4, -0.2) is 4.92 Å². The molecule has 0 aliphatic rings. The number of nitrogens with zero attached hydrogens (tertiary/aromatic N) is 1. The van der Waals surface area contributed by atoms with Gasteiger partial charge in [0.1, 0.15) is 0 Å². The van der Waals surface area contributed by atoms with Crippen molar-refractivity contribution in [2.45, 2.75) is 6.04 Å². The number of hydrogen-bond donors (Lipinski definition) is 1. The number of halogens is 2. The van der Waals surface area contributed by atoms with Crippen LogP contribution in [0.2, 0.25) is 5.02 Å². The van der Waals surface area contributed by atoms with Crippen LogP contribution >= 0.6 is 35.3 Å².